The lowest BCUT2D eigenvalue weighted by Crippen LogP contribution is -2.53. The van der Waals surface area contributed by atoms with Crippen molar-refractivity contribution in [3.8, 4) is 0 Å². The summed E-state index contributed by atoms with van der Waals surface area (Å²) >= 11 is 0. The number of likely N-dealkylation sites (N-methyl/N-ethyl adjacent to an activating group) is 1. The summed E-state index contributed by atoms with van der Waals surface area (Å²) in [5.41, 5.74) is -0.578. The molecule has 0 aromatic carbocycles. The topological polar surface area (TPSA) is 76.4 Å². The molecule has 1 heterocycles. The van der Waals surface area contributed by atoms with Crippen molar-refractivity contribution < 1.29 is 15.0 Å². The Morgan fingerprint density at radius 3 is 2.00 bits per heavy atom. The third-order valence-corrected chi connectivity index (χ3v) is 2.06. The van der Waals surface area contributed by atoms with E-state index in [9.17, 15) is 15.0 Å². The summed E-state index contributed by atoms with van der Waals surface area (Å²) < 4.78 is 0. The van der Waals surface area contributed by atoms with Crippen molar-refractivity contribution in [2.24, 2.45) is 5.10 Å². The van der Waals surface area contributed by atoms with E-state index in [1.807, 2.05) is 0 Å². The molecular weight excluding hydrogens is 198 g/mol. The van der Waals surface area contributed by atoms with E-state index in [2.05, 4.69) is 5.10 Å². The zero-order valence-electron chi connectivity index (χ0n) is 9.64. The lowest BCUT2D eigenvalue weighted by atomic mass is 10.1. The summed E-state index contributed by atoms with van der Waals surface area (Å²) in [7, 11) is 3.19. The number of nitrogens with zero attached hydrogens (tertiary/aromatic N) is 3. The highest BCUT2D eigenvalue weighted by Crippen LogP contribution is 2.26. The standard InChI is InChI=1S/C9H17N3O3/c1-8(2,3)12-7(13)9(14,15)6(10-12)11(4)5/h14-15H,1-5H3. The fraction of sp³-hybridized carbons (Fsp3) is 0.778. The van der Waals surface area contributed by atoms with Crippen molar-refractivity contribution in [2.75, 3.05) is 14.1 Å². The molecule has 0 bridgehead atoms. The fourth-order valence-corrected chi connectivity index (χ4v) is 1.31. The number of aliphatic hydroxyl groups is 2. The van der Waals surface area contributed by atoms with Crippen LogP contribution >= 0.6 is 0 Å². The van der Waals surface area contributed by atoms with Gasteiger partial charge in [0.05, 0.1) is 5.54 Å². The molecule has 1 aliphatic rings. The lowest BCUT2D eigenvalue weighted by molar-refractivity contribution is -0.173. The van der Waals surface area contributed by atoms with Crippen LogP contribution in [0.1, 0.15) is 20.8 Å². The Labute approximate surface area is 88.8 Å². The smallest absolute Gasteiger partial charge is 0.311 e. The van der Waals surface area contributed by atoms with Crippen LogP contribution in [0, 0.1) is 0 Å². The molecule has 86 valence electrons. The second kappa shape index (κ2) is 3.18. The molecule has 15 heavy (non-hydrogen) atoms. The van der Waals surface area contributed by atoms with Gasteiger partial charge in [0, 0.05) is 14.1 Å². The summed E-state index contributed by atoms with van der Waals surface area (Å²) in [6, 6.07) is 0. The lowest BCUT2D eigenvalue weighted by Gasteiger charge is -2.28. The van der Waals surface area contributed by atoms with Gasteiger partial charge >= 0.3 is 11.7 Å². The van der Waals surface area contributed by atoms with E-state index in [1.54, 1.807) is 34.9 Å². The fourth-order valence-electron chi connectivity index (χ4n) is 1.31. The predicted octanol–water partition coefficient (Wildman–Crippen LogP) is -0.817. The molecule has 0 aromatic heterocycles. The van der Waals surface area contributed by atoms with Crippen LogP contribution in [0.2, 0.25) is 0 Å². The normalized spacial score (nSPS) is 20.6. The van der Waals surface area contributed by atoms with E-state index in [1.165, 1.54) is 4.90 Å². The van der Waals surface area contributed by atoms with E-state index in [0.29, 0.717) is 0 Å². The molecule has 2 N–H and O–H groups in total. The molecule has 0 spiro atoms. The molecular formula is C9H17N3O3. The maximum Gasteiger partial charge on any atom is 0.311 e. The van der Waals surface area contributed by atoms with E-state index in [0.717, 1.165) is 5.01 Å². The van der Waals surface area contributed by atoms with Gasteiger partial charge in [-0.1, -0.05) is 0 Å². The number of hydrogen-bond acceptors (Lipinski definition) is 5. The largest absolute Gasteiger partial charge is 0.360 e. The summed E-state index contributed by atoms with van der Waals surface area (Å²) in [4.78, 5) is 13.1. The number of hydrazone groups is 1. The molecule has 1 rings (SSSR count). The van der Waals surface area contributed by atoms with Crippen LogP contribution in [-0.2, 0) is 4.79 Å². The second-order valence-corrected chi connectivity index (χ2v) is 4.78. The summed E-state index contributed by atoms with van der Waals surface area (Å²) in [6.45, 7) is 5.30. The number of amides is 1. The highest BCUT2D eigenvalue weighted by Gasteiger charge is 2.52. The van der Waals surface area contributed by atoms with Gasteiger partial charge < -0.3 is 15.1 Å². The van der Waals surface area contributed by atoms with Crippen LogP contribution in [0.15, 0.2) is 5.10 Å². The molecule has 6 heteroatoms. The molecule has 0 unspecified atom stereocenters. The highest BCUT2D eigenvalue weighted by atomic mass is 16.5. The van der Waals surface area contributed by atoms with Crippen molar-refractivity contribution >= 4 is 11.7 Å². The Hall–Kier alpha value is -1.14. The molecule has 0 fully saturated rings. The molecule has 6 nitrogen and oxygen atoms in total. The van der Waals surface area contributed by atoms with Crippen LogP contribution in [0.25, 0.3) is 0 Å². The van der Waals surface area contributed by atoms with Crippen molar-refractivity contribution in [1.82, 2.24) is 9.91 Å². The number of carbonyl (C=O) groups is 1. The first-order chi connectivity index (χ1) is 6.58. The number of rotatable bonds is 0. The van der Waals surface area contributed by atoms with Gasteiger partial charge in [0.1, 0.15) is 0 Å². The van der Waals surface area contributed by atoms with Crippen molar-refractivity contribution in [1.29, 1.82) is 0 Å². The van der Waals surface area contributed by atoms with Crippen LogP contribution in [-0.4, -0.2) is 57.3 Å². The summed E-state index contributed by atoms with van der Waals surface area (Å²) in [5, 5.41) is 24.2. The van der Waals surface area contributed by atoms with Gasteiger partial charge in [0.15, 0.2) is 5.84 Å². The molecule has 0 aromatic rings. The maximum absolute atomic E-state index is 11.7. The quantitative estimate of drug-likeness (QED) is 0.518. The zero-order valence-corrected chi connectivity index (χ0v) is 9.64. The average Bonchev–Trinajstić information content (AvgIpc) is 2.22. The molecule has 1 amide bonds. The SMILES string of the molecule is CN(C)C1=NN(C(C)(C)C)C(=O)C1(O)O. The number of carbonyl (C=O) groups excluding carboxylic acids is 1. The first-order valence-electron chi connectivity index (χ1n) is 4.64. The van der Waals surface area contributed by atoms with Crippen LogP contribution in [0.3, 0.4) is 0 Å². The van der Waals surface area contributed by atoms with Gasteiger partial charge in [-0.25, -0.2) is 5.01 Å². The second-order valence-electron chi connectivity index (χ2n) is 4.78. The highest BCUT2D eigenvalue weighted by molar-refractivity contribution is 6.12. The van der Waals surface area contributed by atoms with Crippen molar-refractivity contribution in [2.45, 2.75) is 32.1 Å². The first-order valence-corrected chi connectivity index (χ1v) is 4.64. The Bertz CT molecular complexity index is 315. The van der Waals surface area contributed by atoms with E-state index >= 15 is 0 Å². The predicted molar refractivity (Wildman–Crippen MR) is 54.9 cm³/mol. The Kier molecular flexibility index (Phi) is 2.53. The molecule has 0 saturated heterocycles. The Balaban J connectivity index is 3.15. The van der Waals surface area contributed by atoms with Gasteiger partial charge in [-0.05, 0) is 20.8 Å². The van der Waals surface area contributed by atoms with Crippen molar-refractivity contribution in [3.05, 3.63) is 0 Å². The molecule has 0 saturated carbocycles. The Morgan fingerprint density at radius 1 is 1.33 bits per heavy atom. The maximum atomic E-state index is 11.7. The minimum absolute atomic E-state index is 0.0672. The number of amidine groups is 1. The van der Waals surface area contributed by atoms with E-state index in [-0.39, 0.29) is 5.84 Å². The summed E-state index contributed by atoms with van der Waals surface area (Å²) in [5.74, 6) is -3.40. The molecule has 0 atom stereocenters. The minimum atomic E-state index is -2.52. The summed E-state index contributed by atoms with van der Waals surface area (Å²) in [6.07, 6.45) is 0. The van der Waals surface area contributed by atoms with Gasteiger partial charge in [-0.15, -0.1) is 5.10 Å². The Morgan fingerprint density at radius 2 is 1.80 bits per heavy atom. The van der Waals surface area contributed by atoms with Crippen LogP contribution in [0.5, 0.6) is 0 Å². The molecule has 0 radical (unpaired) electrons. The number of hydrogen-bond donors (Lipinski definition) is 2. The van der Waals surface area contributed by atoms with Gasteiger partial charge in [-0.3, -0.25) is 4.79 Å². The zero-order chi connectivity index (χ0) is 12.0. The van der Waals surface area contributed by atoms with E-state index < -0.39 is 17.2 Å². The third-order valence-electron chi connectivity index (χ3n) is 2.06. The van der Waals surface area contributed by atoms with Gasteiger partial charge in [0.25, 0.3) is 0 Å². The third kappa shape index (κ3) is 1.82. The van der Waals surface area contributed by atoms with Crippen LogP contribution in [0.4, 0.5) is 0 Å². The van der Waals surface area contributed by atoms with Gasteiger partial charge in [-0.2, -0.15) is 0 Å². The van der Waals surface area contributed by atoms with Crippen LogP contribution < -0.4 is 0 Å². The molecule has 0 aliphatic carbocycles. The first kappa shape index (κ1) is 11.9. The van der Waals surface area contributed by atoms with E-state index in [4.69, 9.17) is 0 Å². The van der Waals surface area contributed by atoms with Gasteiger partial charge in [0.2, 0.25) is 0 Å². The minimum Gasteiger partial charge on any atom is -0.360 e. The monoisotopic (exact) mass is 215 g/mol. The average molecular weight is 215 g/mol. The molecule has 1 aliphatic heterocycles. The van der Waals surface area contributed by atoms with Crippen molar-refractivity contribution in [3.63, 3.8) is 0 Å².